The highest BCUT2D eigenvalue weighted by atomic mass is 16.5. The first-order valence-electron chi connectivity index (χ1n) is 7.87. The summed E-state index contributed by atoms with van der Waals surface area (Å²) in [6, 6.07) is 6.48. The van der Waals surface area contributed by atoms with E-state index in [1.54, 1.807) is 24.3 Å². The summed E-state index contributed by atoms with van der Waals surface area (Å²) >= 11 is 0. The van der Waals surface area contributed by atoms with Gasteiger partial charge in [0, 0.05) is 12.2 Å². The van der Waals surface area contributed by atoms with Crippen molar-refractivity contribution >= 4 is 11.9 Å². The van der Waals surface area contributed by atoms with Crippen LogP contribution in [-0.4, -0.2) is 41.8 Å². The summed E-state index contributed by atoms with van der Waals surface area (Å²) in [7, 11) is 0. The van der Waals surface area contributed by atoms with Crippen LogP contribution in [0.3, 0.4) is 0 Å². The lowest BCUT2D eigenvalue weighted by molar-refractivity contribution is -0.139. The zero-order valence-corrected chi connectivity index (χ0v) is 13.1. The summed E-state index contributed by atoms with van der Waals surface area (Å²) in [5.41, 5.74) is 0.201. The number of amides is 1. The first-order chi connectivity index (χ1) is 11.0. The summed E-state index contributed by atoms with van der Waals surface area (Å²) in [6.45, 7) is 2.33. The standard InChI is InChI=1S/C17H21NO5/c1-17(8-9-22-15(17)11-2-3-11)18-16(21)12-4-6-13(7-5-12)23-10-14(19)20/h4-7,11,15H,2-3,8-10H2,1H3,(H,18,21)(H,19,20). The molecule has 1 aliphatic heterocycles. The molecule has 23 heavy (non-hydrogen) atoms. The van der Waals surface area contributed by atoms with E-state index in [9.17, 15) is 9.59 Å². The molecule has 2 aliphatic rings. The van der Waals surface area contributed by atoms with E-state index in [1.165, 1.54) is 12.8 Å². The van der Waals surface area contributed by atoms with Gasteiger partial charge in [-0.25, -0.2) is 4.79 Å². The first kappa shape index (κ1) is 15.8. The van der Waals surface area contributed by atoms with Gasteiger partial charge < -0.3 is 19.9 Å². The SMILES string of the molecule is CC1(NC(=O)c2ccc(OCC(=O)O)cc2)CCOC1C1CC1. The number of rotatable bonds is 6. The van der Waals surface area contributed by atoms with Gasteiger partial charge in [-0.15, -0.1) is 0 Å². The molecule has 1 saturated carbocycles. The van der Waals surface area contributed by atoms with Crippen molar-refractivity contribution in [2.45, 2.75) is 37.8 Å². The second-order valence-electron chi connectivity index (χ2n) is 6.46. The zero-order chi connectivity index (χ0) is 16.4. The number of carboxylic acid groups (broad SMARTS) is 1. The Morgan fingerprint density at radius 2 is 2.04 bits per heavy atom. The van der Waals surface area contributed by atoms with Gasteiger partial charge in [-0.2, -0.15) is 0 Å². The predicted octanol–water partition coefficient (Wildman–Crippen LogP) is 1.84. The third-order valence-corrected chi connectivity index (χ3v) is 4.47. The second kappa shape index (κ2) is 6.20. The third-order valence-electron chi connectivity index (χ3n) is 4.47. The zero-order valence-electron chi connectivity index (χ0n) is 13.1. The number of hydrogen-bond acceptors (Lipinski definition) is 4. The fraction of sp³-hybridized carbons (Fsp3) is 0.529. The van der Waals surface area contributed by atoms with Crippen LogP contribution < -0.4 is 10.1 Å². The number of benzene rings is 1. The molecule has 6 nitrogen and oxygen atoms in total. The van der Waals surface area contributed by atoms with E-state index in [-0.39, 0.29) is 17.6 Å². The van der Waals surface area contributed by atoms with E-state index in [0.29, 0.717) is 23.8 Å². The molecule has 6 heteroatoms. The van der Waals surface area contributed by atoms with Crippen LogP contribution in [0, 0.1) is 5.92 Å². The molecular formula is C17H21NO5. The molecule has 124 valence electrons. The van der Waals surface area contributed by atoms with Gasteiger partial charge in [-0.05, 0) is 56.4 Å². The summed E-state index contributed by atoms with van der Waals surface area (Å²) < 4.78 is 10.9. The molecular weight excluding hydrogens is 298 g/mol. The monoisotopic (exact) mass is 319 g/mol. The number of aliphatic carboxylic acids is 1. The minimum Gasteiger partial charge on any atom is -0.482 e. The van der Waals surface area contributed by atoms with Crippen LogP contribution in [0.15, 0.2) is 24.3 Å². The minimum absolute atomic E-state index is 0.102. The summed E-state index contributed by atoms with van der Waals surface area (Å²) in [5, 5.41) is 11.7. The van der Waals surface area contributed by atoms with Gasteiger partial charge in [0.25, 0.3) is 5.91 Å². The summed E-state index contributed by atoms with van der Waals surface area (Å²) in [6.07, 6.45) is 3.27. The van der Waals surface area contributed by atoms with Crippen molar-refractivity contribution in [3.8, 4) is 5.75 Å². The Bertz CT molecular complexity index is 596. The van der Waals surface area contributed by atoms with Crippen LogP contribution in [0.25, 0.3) is 0 Å². The highest BCUT2D eigenvalue weighted by Crippen LogP contribution is 2.43. The second-order valence-corrected chi connectivity index (χ2v) is 6.46. The smallest absolute Gasteiger partial charge is 0.341 e. The largest absolute Gasteiger partial charge is 0.482 e. The van der Waals surface area contributed by atoms with Crippen LogP contribution in [0.1, 0.15) is 36.5 Å². The Morgan fingerprint density at radius 1 is 1.35 bits per heavy atom. The van der Waals surface area contributed by atoms with Crippen LogP contribution >= 0.6 is 0 Å². The molecule has 1 heterocycles. The van der Waals surface area contributed by atoms with Crippen molar-refractivity contribution in [3.63, 3.8) is 0 Å². The Hall–Kier alpha value is -2.08. The fourth-order valence-corrected chi connectivity index (χ4v) is 3.09. The molecule has 2 unspecified atom stereocenters. The molecule has 1 saturated heterocycles. The summed E-state index contributed by atoms with van der Waals surface area (Å²) in [4.78, 5) is 22.9. The minimum atomic E-state index is -1.04. The molecule has 3 rings (SSSR count). The third kappa shape index (κ3) is 3.64. The Labute approximate surface area is 134 Å². The lowest BCUT2D eigenvalue weighted by Crippen LogP contribution is -2.52. The van der Waals surface area contributed by atoms with Gasteiger partial charge in [-0.3, -0.25) is 4.79 Å². The highest BCUT2D eigenvalue weighted by molar-refractivity contribution is 5.94. The van der Waals surface area contributed by atoms with E-state index in [4.69, 9.17) is 14.6 Å². The number of carbonyl (C=O) groups excluding carboxylic acids is 1. The topological polar surface area (TPSA) is 84.9 Å². The van der Waals surface area contributed by atoms with Gasteiger partial charge in [0.1, 0.15) is 5.75 Å². The van der Waals surface area contributed by atoms with E-state index < -0.39 is 12.6 Å². The van der Waals surface area contributed by atoms with Gasteiger partial charge >= 0.3 is 5.97 Å². The Morgan fingerprint density at radius 3 is 2.65 bits per heavy atom. The molecule has 0 radical (unpaired) electrons. The van der Waals surface area contributed by atoms with Crippen molar-refractivity contribution in [1.29, 1.82) is 0 Å². The van der Waals surface area contributed by atoms with Crippen LogP contribution in [0.4, 0.5) is 0 Å². The van der Waals surface area contributed by atoms with Crippen molar-refractivity contribution in [2.75, 3.05) is 13.2 Å². The van der Waals surface area contributed by atoms with E-state index >= 15 is 0 Å². The van der Waals surface area contributed by atoms with Crippen molar-refractivity contribution < 1.29 is 24.2 Å². The normalized spacial score (nSPS) is 26.7. The number of carbonyl (C=O) groups is 2. The highest BCUT2D eigenvalue weighted by Gasteiger charge is 2.48. The molecule has 2 atom stereocenters. The molecule has 0 aromatic heterocycles. The average Bonchev–Trinajstić information content (AvgIpc) is 3.28. The molecule has 0 bridgehead atoms. The number of nitrogens with one attached hydrogen (secondary N) is 1. The molecule has 1 aromatic rings. The molecule has 1 amide bonds. The van der Waals surface area contributed by atoms with Crippen molar-refractivity contribution in [3.05, 3.63) is 29.8 Å². The lowest BCUT2D eigenvalue weighted by atomic mass is 9.90. The molecule has 1 aromatic carbocycles. The van der Waals surface area contributed by atoms with E-state index in [0.717, 1.165) is 6.42 Å². The van der Waals surface area contributed by atoms with Crippen LogP contribution in [-0.2, 0) is 9.53 Å². The van der Waals surface area contributed by atoms with Gasteiger partial charge in [0.05, 0.1) is 11.6 Å². The molecule has 0 spiro atoms. The average molecular weight is 319 g/mol. The number of hydrogen-bond donors (Lipinski definition) is 2. The molecule has 2 N–H and O–H groups in total. The van der Waals surface area contributed by atoms with Crippen LogP contribution in [0.2, 0.25) is 0 Å². The predicted molar refractivity (Wildman–Crippen MR) is 82.5 cm³/mol. The first-order valence-corrected chi connectivity index (χ1v) is 7.87. The van der Waals surface area contributed by atoms with E-state index in [2.05, 4.69) is 5.32 Å². The van der Waals surface area contributed by atoms with Crippen molar-refractivity contribution in [2.24, 2.45) is 5.92 Å². The quantitative estimate of drug-likeness (QED) is 0.836. The maximum atomic E-state index is 12.5. The Kier molecular flexibility index (Phi) is 4.26. The molecule has 2 fully saturated rings. The molecule has 1 aliphatic carbocycles. The Balaban J connectivity index is 1.62. The number of carboxylic acids is 1. The number of ether oxygens (including phenoxy) is 2. The van der Waals surface area contributed by atoms with Crippen molar-refractivity contribution in [1.82, 2.24) is 5.32 Å². The fourth-order valence-electron chi connectivity index (χ4n) is 3.09. The lowest BCUT2D eigenvalue weighted by Gasteiger charge is -2.31. The maximum absolute atomic E-state index is 12.5. The van der Waals surface area contributed by atoms with Gasteiger partial charge in [0.2, 0.25) is 0 Å². The summed E-state index contributed by atoms with van der Waals surface area (Å²) in [5.74, 6) is -0.189. The van der Waals surface area contributed by atoms with Gasteiger partial charge in [-0.1, -0.05) is 0 Å². The van der Waals surface area contributed by atoms with E-state index in [1.807, 2.05) is 6.92 Å². The van der Waals surface area contributed by atoms with Crippen LogP contribution in [0.5, 0.6) is 5.75 Å². The van der Waals surface area contributed by atoms with Gasteiger partial charge in [0.15, 0.2) is 6.61 Å². The maximum Gasteiger partial charge on any atom is 0.341 e.